The van der Waals surface area contributed by atoms with Crippen LogP contribution in [0.1, 0.15) is 37.7 Å². The second kappa shape index (κ2) is 16.8. The topological polar surface area (TPSA) is 97.4 Å². The second-order valence-electron chi connectivity index (χ2n) is 7.00. The van der Waals surface area contributed by atoms with Gasteiger partial charge in [0, 0.05) is 25.0 Å². The van der Waals surface area contributed by atoms with Crippen molar-refractivity contribution in [1.29, 1.82) is 0 Å². The van der Waals surface area contributed by atoms with Crippen molar-refractivity contribution in [2.45, 2.75) is 38.6 Å². The summed E-state index contributed by atoms with van der Waals surface area (Å²) in [6.07, 6.45) is 6.95. The van der Waals surface area contributed by atoms with E-state index in [1.165, 1.54) is 32.1 Å². The molecular formula is C23H39N5O. The van der Waals surface area contributed by atoms with Crippen molar-refractivity contribution in [2.75, 3.05) is 38.4 Å². The lowest BCUT2D eigenvalue weighted by Gasteiger charge is -2.20. The molecule has 1 fully saturated rings. The minimum atomic E-state index is 0.433. The average molecular weight is 402 g/mol. The highest BCUT2D eigenvalue weighted by atomic mass is 16.6. The van der Waals surface area contributed by atoms with Crippen molar-refractivity contribution in [3.05, 3.63) is 60.2 Å². The molecule has 0 aliphatic heterocycles. The SMILES string of the molecule is CNCc1cc(NCN)ccc1N.CNOCC1CCCCC1.c1ccccc1. The second-order valence-corrected chi connectivity index (χ2v) is 7.00. The predicted octanol–water partition coefficient (Wildman–Crippen LogP) is 3.72. The molecule has 1 aliphatic carbocycles. The monoisotopic (exact) mass is 401 g/mol. The largest absolute Gasteiger partial charge is 0.398 e. The molecule has 162 valence electrons. The van der Waals surface area contributed by atoms with E-state index in [-0.39, 0.29) is 0 Å². The third kappa shape index (κ3) is 12.1. The summed E-state index contributed by atoms with van der Waals surface area (Å²) in [5.41, 5.74) is 16.7. The molecule has 0 atom stereocenters. The molecular weight excluding hydrogens is 362 g/mol. The van der Waals surface area contributed by atoms with Gasteiger partial charge in [-0.05, 0) is 49.6 Å². The van der Waals surface area contributed by atoms with E-state index >= 15 is 0 Å². The third-order valence-electron chi connectivity index (χ3n) is 4.67. The van der Waals surface area contributed by atoms with Gasteiger partial charge in [0.25, 0.3) is 0 Å². The number of nitrogens with two attached hydrogens (primary N) is 2. The normalized spacial score (nSPS) is 13.5. The van der Waals surface area contributed by atoms with Crippen LogP contribution in [0.4, 0.5) is 11.4 Å². The molecule has 0 unspecified atom stereocenters. The number of benzene rings is 2. The third-order valence-corrected chi connectivity index (χ3v) is 4.67. The molecule has 0 bridgehead atoms. The summed E-state index contributed by atoms with van der Waals surface area (Å²) in [5.74, 6) is 0.821. The van der Waals surface area contributed by atoms with Gasteiger partial charge in [0.15, 0.2) is 0 Å². The summed E-state index contributed by atoms with van der Waals surface area (Å²) < 4.78 is 0. The zero-order valence-electron chi connectivity index (χ0n) is 18.0. The first-order chi connectivity index (χ1) is 14.2. The van der Waals surface area contributed by atoms with Crippen LogP contribution in [0.2, 0.25) is 0 Å². The standard InChI is InChI=1S/C9H16N4.C8H17NO.C6H6/c1-12-5-7-4-8(13-6-10)2-3-9(7)11;1-9-10-7-8-5-3-2-4-6-8;1-2-4-6-5-3-1/h2-4,12-13H,5-6,10-11H2,1H3;8-9H,2-7H2,1H3;1-6H. The number of nitrogens with one attached hydrogen (secondary N) is 3. The lowest BCUT2D eigenvalue weighted by atomic mass is 9.90. The van der Waals surface area contributed by atoms with Gasteiger partial charge in [0.2, 0.25) is 0 Å². The van der Waals surface area contributed by atoms with Crippen LogP contribution in [0, 0.1) is 5.92 Å². The lowest BCUT2D eigenvalue weighted by molar-refractivity contribution is 0.0228. The van der Waals surface area contributed by atoms with Crippen LogP contribution < -0.4 is 27.6 Å². The zero-order chi connectivity index (χ0) is 21.2. The summed E-state index contributed by atoms with van der Waals surface area (Å²) in [4.78, 5) is 5.12. The van der Waals surface area contributed by atoms with Gasteiger partial charge in [-0.1, -0.05) is 55.7 Å². The van der Waals surface area contributed by atoms with Gasteiger partial charge in [0.1, 0.15) is 0 Å². The first-order valence-corrected chi connectivity index (χ1v) is 10.5. The smallest absolute Gasteiger partial charge is 0.0710 e. The Labute approximate surface area is 176 Å². The molecule has 1 aliphatic rings. The van der Waals surface area contributed by atoms with Gasteiger partial charge in [0.05, 0.1) is 13.3 Å². The van der Waals surface area contributed by atoms with Crippen LogP contribution in [-0.2, 0) is 11.4 Å². The van der Waals surface area contributed by atoms with Crippen LogP contribution in [0.3, 0.4) is 0 Å². The first-order valence-electron chi connectivity index (χ1n) is 10.5. The summed E-state index contributed by atoms with van der Waals surface area (Å²) >= 11 is 0. The molecule has 0 spiro atoms. The molecule has 29 heavy (non-hydrogen) atoms. The molecule has 0 aromatic heterocycles. The Morgan fingerprint density at radius 3 is 2.10 bits per heavy atom. The maximum Gasteiger partial charge on any atom is 0.0710 e. The molecule has 7 N–H and O–H groups in total. The molecule has 0 radical (unpaired) electrons. The number of hydroxylamine groups is 1. The molecule has 2 aromatic carbocycles. The van der Waals surface area contributed by atoms with Crippen molar-refractivity contribution < 1.29 is 4.84 Å². The molecule has 1 saturated carbocycles. The number of hydrogen-bond acceptors (Lipinski definition) is 6. The molecule has 3 rings (SSSR count). The zero-order valence-corrected chi connectivity index (χ0v) is 18.0. The molecule has 2 aromatic rings. The van der Waals surface area contributed by atoms with E-state index in [1.54, 1.807) is 0 Å². The predicted molar refractivity (Wildman–Crippen MR) is 124 cm³/mol. The number of rotatable bonds is 7. The Hall–Kier alpha value is -2.12. The van der Waals surface area contributed by atoms with Gasteiger partial charge in [-0.3, -0.25) is 0 Å². The Balaban J connectivity index is 0.000000232. The van der Waals surface area contributed by atoms with Gasteiger partial charge < -0.3 is 26.9 Å². The van der Waals surface area contributed by atoms with E-state index in [0.717, 1.165) is 36.0 Å². The fourth-order valence-corrected chi connectivity index (χ4v) is 3.12. The van der Waals surface area contributed by atoms with E-state index in [4.69, 9.17) is 16.3 Å². The van der Waals surface area contributed by atoms with Crippen LogP contribution in [-0.4, -0.2) is 27.4 Å². The van der Waals surface area contributed by atoms with Crippen LogP contribution in [0.5, 0.6) is 0 Å². The van der Waals surface area contributed by atoms with Gasteiger partial charge in [-0.2, -0.15) is 0 Å². The lowest BCUT2D eigenvalue weighted by Crippen LogP contribution is -2.18. The summed E-state index contributed by atoms with van der Waals surface area (Å²) in [6, 6.07) is 17.8. The molecule has 6 nitrogen and oxygen atoms in total. The average Bonchev–Trinajstić information content (AvgIpc) is 2.78. The fourth-order valence-electron chi connectivity index (χ4n) is 3.12. The van der Waals surface area contributed by atoms with Gasteiger partial charge in [-0.15, -0.1) is 0 Å². The minimum absolute atomic E-state index is 0.433. The molecule has 0 heterocycles. The summed E-state index contributed by atoms with van der Waals surface area (Å²) in [5, 5.41) is 6.08. The van der Waals surface area contributed by atoms with Crippen molar-refractivity contribution >= 4 is 11.4 Å². The van der Waals surface area contributed by atoms with Crippen LogP contribution >= 0.6 is 0 Å². The molecule has 0 saturated heterocycles. The van der Waals surface area contributed by atoms with E-state index < -0.39 is 0 Å². The van der Waals surface area contributed by atoms with Crippen LogP contribution in [0.25, 0.3) is 0 Å². The molecule has 6 heteroatoms. The number of nitrogen functional groups attached to an aromatic ring is 1. The maximum atomic E-state index is 5.77. The Bertz CT molecular complexity index is 591. The maximum absolute atomic E-state index is 5.77. The summed E-state index contributed by atoms with van der Waals surface area (Å²) in [6.45, 7) is 2.10. The molecule has 0 amide bonds. The van der Waals surface area contributed by atoms with Gasteiger partial charge in [-0.25, -0.2) is 5.48 Å². The van der Waals surface area contributed by atoms with E-state index in [0.29, 0.717) is 6.67 Å². The van der Waals surface area contributed by atoms with Crippen molar-refractivity contribution in [3.63, 3.8) is 0 Å². The highest BCUT2D eigenvalue weighted by molar-refractivity contribution is 5.57. The van der Waals surface area contributed by atoms with Crippen LogP contribution in [0.15, 0.2) is 54.6 Å². The van der Waals surface area contributed by atoms with Crippen molar-refractivity contribution in [1.82, 2.24) is 10.8 Å². The highest BCUT2D eigenvalue weighted by Gasteiger charge is 2.12. The number of hydrogen-bond donors (Lipinski definition) is 5. The van der Waals surface area contributed by atoms with E-state index in [2.05, 4.69) is 16.1 Å². The highest BCUT2D eigenvalue weighted by Crippen LogP contribution is 2.23. The van der Waals surface area contributed by atoms with E-state index in [9.17, 15) is 0 Å². The Morgan fingerprint density at radius 1 is 0.966 bits per heavy atom. The fraction of sp³-hybridized carbons (Fsp3) is 0.478. The number of anilines is 2. The minimum Gasteiger partial charge on any atom is -0.398 e. The summed E-state index contributed by atoms with van der Waals surface area (Å²) in [7, 11) is 3.71. The van der Waals surface area contributed by atoms with Gasteiger partial charge >= 0.3 is 0 Å². The van der Waals surface area contributed by atoms with E-state index in [1.807, 2.05) is 68.7 Å². The van der Waals surface area contributed by atoms with Crippen molar-refractivity contribution in [3.8, 4) is 0 Å². The first kappa shape index (κ1) is 24.9. The Morgan fingerprint density at radius 2 is 1.59 bits per heavy atom. The Kier molecular flexibility index (Phi) is 14.4. The quantitative estimate of drug-likeness (QED) is 0.276. The van der Waals surface area contributed by atoms with Crippen molar-refractivity contribution in [2.24, 2.45) is 11.7 Å².